The number of carbonyl (C=O) groups excluding carboxylic acids is 1. The Morgan fingerprint density at radius 2 is 1.92 bits per heavy atom. The Labute approximate surface area is 207 Å². The molecular formula is C26H28FN7O2. The number of likely N-dealkylation sites (tertiary alicyclic amines) is 1. The molecule has 0 spiro atoms. The average Bonchev–Trinajstić information content (AvgIpc) is 3.24. The van der Waals surface area contributed by atoms with Crippen molar-refractivity contribution >= 4 is 33.4 Å². The van der Waals surface area contributed by atoms with Crippen molar-refractivity contribution in [3.05, 3.63) is 42.0 Å². The van der Waals surface area contributed by atoms with Crippen LogP contribution in [0.5, 0.6) is 5.75 Å². The fourth-order valence-electron chi connectivity index (χ4n) is 5.33. The third kappa shape index (κ3) is 3.72. The molecule has 10 heteroatoms. The number of amides is 1. The zero-order chi connectivity index (χ0) is 25.0. The maximum Gasteiger partial charge on any atom is 0.270 e. The van der Waals surface area contributed by atoms with Crippen molar-refractivity contribution in [1.29, 1.82) is 0 Å². The summed E-state index contributed by atoms with van der Waals surface area (Å²) in [6.45, 7) is 4.34. The third-order valence-corrected chi connectivity index (χ3v) is 7.43. The van der Waals surface area contributed by atoms with E-state index in [4.69, 9.17) is 0 Å². The predicted octanol–water partition coefficient (Wildman–Crippen LogP) is 3.06. The number of halogens is 1. The first-order valence-corrected chi connectivity index (χ1v) is 12.3. The Bertz CT molecular complexity index is 1490. The standard InChI is InChI=1S/C26H28FN7O2/c1-28-26(36)23-18-13-17(34-10-6-16(7-11-34)33-8-3-9-33)4-5-20(18)29-25(30-23)19-12-15-14-32(2)31-22(15)21(27)24(19)35/h4-5,12-14,16,35H,3,6-11H2,1-2H3,(H,28,36). The van der Waals surface area contributed by atoms with Crippen molar-refractivity contribution < 1.29 is 14.3 Å². The second-order valence-corrected chi connectivity index (χ2v) is 9.61. The minimum atomic E-state index is -0.842. The number of phenols is 1. The molecule has 36 heavy (non-hydrogen) atoms. The van der Waals surface area contributed by atoms with Gasteiger partial charge < -0.3 is 20.2 Å². The topological polar surface area (TPSA) is 99.4 Å². The van der Waals surface area contributed by atoms with E-state index in [-0.39, 0.29) is 28.5 Å². The van der Waals surface area contributed by atoms with E-state index < -0.39 is 11.6 Å². The van der Waals surface area contributed by atoms with Crippen LogP contribution in [0.1, 0.15) is 29.8 Å². The number of anilines is 1. The van der Waals surface area contributed by atoms with Crippen LogP contribution in [0, 0.1) is 5.82 Å². The molecule has 0 radical (unpaired) electrons. The maximum absolute atomic E-state index is 14.9. The number of carbonyl (C=O) groups is 1. The zero-order valence-corrected chi connectivity index (χ0v) is 20.3. The second kappa shape index (κ2) is 8.70. The molecule has 9 nitrogen and oxygen atoms in total. The van der Waals surface area contributed by atoms with Crippen molar-refractivity contribution in [3.63, 3.8) is 0 Å². The number of rotatable bonds is 4. The molecule has 2 fully saturated rings. The smallest absolute Gasteiger partial charge is 0.270 e. The van der Waals surface area contributed by atoms with E-state index in [9.17, 15) is 14.3 Å². The Balaban J connectivity index is 1.40. The van der Waals surface area contributed by atoms with Crippen molar-refractivity contribution in [2.45, 2.75) is 25.3 Å². The van der Waals surface area contributed by atoms with E-state index in [0.29, 0.717) is 22.3 Å². The first-order chi connectivity index (χ1) is 17.4. The number of aromatic hydroxyl groups is 1. The highest BCUT2D eigenvalue weighted by Gasteiger charge is 2.28. The van der Waals surface area contributed by atoms with Gasteiger partial charge in [-0.1, -0.05) is 0 Å². The number of hydrogen-bond donors (Lipinski definition) is 2. The molecule has 2 aliphatic rings. The highest BCUT2D eigenvalue weighted by atomic mass is 19.1. The average molecular weight is 490 g/mol. The summed E-state index contributed by atoms with van der Waals surface area (Å²) < 4.78 is 16.4. The van der Waals surface area contributed by atoms with Crippen LogP contribution in [-0.4, -0.2) is 74.9 Å². The molecular weight excluding hydrogens is 461 g/mol. The van der Waals surface area contributed by atoms with Crippen molar-refractivity contribution in [2.75, 3.05) is 38.1 Å². The van der Waals surface area contributed by atoms with Crippen LogP contribution in [0.3, 0.4) is 0 Å². The van der Waals surface area contributed by atoms with Gasteiger partial charge in [0.25, 0.3) is 5.91 Å². The van der Waals surface area contributed by atoms with Gasteiger partial charge in [0.2, 0.25) is 0 Å². The number of benzene rings is 2. The van der Waals surface area contributed by atoms with Gasteiger partial charge in [0.05, 0.1) is 11.1 Å². The lowest BCUT2D eigenvalue weighted by Crippen LogP contribution is -2.50. The van der Waals surface area contributed by atoms with Crippen LogP contribution in [0.4, 0.5) is 10.1 Å². The monoisotopic (exact) mass is 489 g/mol. The van der Waals surface area contributed by atoms with E-state index in [1.807, 2.05) is 18.2 Å². The van der Waals surface area contributed by atoms with Crippen LogP contribution >= 0.6 is 0 Å². The molecule has 0 atom stereocenters. The highest BCUT2D eigenvalue weighted by molar-refractivity contribution is 6.05. The third-order valence-electron chi connectivity index (χ3n) is 7.43. The lowest BCUT2D eigenvalue weighted by molar-refractivity contribution is 0.0960. The van der Waals surface area contributed by atoms with E-state index in [2.05, 4.69) is 30.2 Å². The zero-order valence-electron chi connectivity index (χ0n) is 20.3. The Morgan fingerprint density at radius 1 is 1.14 bits per heavy atom. The summed E-state index contributed by atoms with van der Waals surface area (Å²) in [5.41, 5.74) is 1.92. The maximum atomic E-state index is 14.9. The lowest BCUT2D eigenvalue weighted by atomic mass is 9.99. The van der Waals surface area contributed by atoms with Gasteiger partial charge >= 0.3 is 0 Å². The lowest BCUT2D eigenvalue weighted by Gasteiger charge is -2.43. The number of phenolic OH excluding ortho intramolecular Hbond substituents is 1. The summed E-state index contributed by atoms with van der Waals surface area (Å²) in [5.74, 6) is -1.73. The van der Waals surface area contributed by atoms with Gasteiger partial charge in [0.15, 0.2) is 17.4 Å². The van der Waals surface area contributed by atoms with Crippen LogP contribution in [-0.2, 0) is 7.05 Å². The molecule has 0 unspecified atom stereocenters. The van der Waals surface area contributed by atoms with Gasteiger partial charge in [-0.05, 0) is 56.6 Å². The number of aryl methyl sites for hydroxylation is 1. The van der Waals surface area contributed by atoms with Crippen LogP contribution in [0.15, 0.2) is 30.5 Å². The molecule has 4 heterocycles. The quantitative estimate of drug-likeness (QED) is 0.455. The number of nitrogens with one attached hydrogen (secondary N) is 1. The van der Waals surface area contributed by atoms with E-state index in [0.717, 1.165) is 31.6 Å². The SMILES string of the molecule is CNC(=O)c1nc(-c2cc3cn(C)nc3c(F)c2O)nc2ccc(N3CCC(N4CCC4)CC3)cc12. The number of aromatic nitrogens is 4. The van der Waals surface area contributed by atoms with Gasteiger partial charge in [-0.25, -0.2) is 14.4 Å². The van der Waals surface area contributed by atoms with Gasteiger partial charge in [-0.3, -0.25) is 9.48 Å². The molecule has 6 rings (SSSR count). The molecule has 0 saturated carbocycles. The van der Waals surface area contributed by atoms with E-state index in [1.54, 1.807) is 26.4 Å². The predicted molar refractivity (Wildman–Crippen MR) is 136 cm³/mol. The summed E-state index contributed by atoms with van der Waals surface area (Å²) in [7, 11) is 3.22. The molecule has 2 aliphatic heterocycles. The molecule has 2 saturated heterocycles. The number of nitrogens with zero attached hydrogens (tertiary/aromatic N) is 6. The first-order valence-electron chi connectivity index (χ1n) is 12.3. The molecule has 4 aromatic rings. The Hall–Kier alpha value is -3.79. The first kappa shape index (κ1) is 22.7. The summed E-state index contributed by atoms with van der Waals surface area (Å²) >= 11 is 0. The largest absolute Gasteiger partial charge is 0.504 e. The van der Waals surface area contributed by atoms with Crippen LogP contribution in [0.25, 0.3) is 33.2 Å². The number of piperidine rings is 1. The molecule has 0 aliphatic carbocycles. The Morgan fingerprint density at radius 3 is 2.61 bits per heavy atom. The molecule has 0 bridgehead atoms. The minimum absolute atomic E-state index is 0.0635. The van der Waals surface area contributed by atoms with Crippen molar-refractivity contribution in [3.8, 4) is 17.1 Å². The second-order valence-electron chi connectivity index (χ2n) is 9.61. The summed E-state index contributed by atoms with van der Waals surface area (Å²) in [4.78, 5) is 26.9. The molecule has 2 aromatic heterocycles. The van der Waals surface area contributed by atoms with E-state index >= 15 is 0 Å². The van der Waals surface area contributed by atoms with Gasteiger partial charge in [0, 0.05) is 55.9 Å². The molecule has 186 valence electrons. The van der Waals surface area contributed by atoms with Gasteiger partial charge in [-0.15, -0.1) is 0 Å². The molecule has 2 N–H and O–H groups in total. The van der Waals surface area contributed by atoms with Gasteiger partial charge in [-0.2, -0.15) is 5.10 Å². The number of hydrogen-bond acceptors (Lipinski definition) is 7. The summed E-state index contributed by atoms with van der Waals surface area (Å²) in [5, 5.41) is 18.4. The normalized spacial score (nSPS) is 17.0. The van der Waals surface area contributed by atoms with Crippen LogP contribution in [0.2, 0.25) is 0 Å². The fraction of sp³-hybridized carbons (Fsp3) is 0.385. The minimum Gasteiger partial charge on any atom is -0.504 e. The van der Waals surface area contributed by atoms with Gasteiger partial charge in [0.1, 0.15) is 11.2 Å². The number of fused-ring (bicyclic) bond motifs is 2. The van der Waals surface area contributed by atoms with E-state index in [1.165, 1.54) is 24.2 Å². The Kier molecular flexibility index (Phi) is 5.48. The molecule has 2 aromatic carbocycles. The highest BCUT2D eigenvalue weighted by Crippen LogP contribution is 2.36. The molecule has 1 amide bonds. The summed E-state index contributed by atoms with van der Waals surface area (Å²) in [6.07, 6.45) is 5.20. The van der Waals surface area contributed by atoms with Crippen LogP contribution < -0.4 is 10.2 Å². The van der Waals surface area contributed by atoms with Crippen molar-refractivity contribution in [1.82, 2.24) is 30.0 Å². The van der Waals surface area contributed by atoms with Crippen molar-refractivity contribution in [2.24, 2.45) is 7.05 Å². The fourth-order valence-corrected chi connectivity index (χ4v) is 5.33. The summed E-state index contributed by atoms with van der Waals surface area (Å²) in [6, 6.07) is 8.07.